The van der Waals surface area contributed by atoms with E-state index in [9.17, 15) is 0 Å². The molecule has 1 unspecified atom stereocenters. The third kappa shape index (κ3) is 2.41. The average Bonchev–Trinajstić information content (AvgIpc) is 2.66. The summed E-state index contributed by atoms with van der Waals surface area (Å²) in [6, 6.07) is 9.79. The monoisotopic (exact) mass is 203 g/mol. The molecule has 0 saturated heterocycles. The number of hydrogen-bond donors (Lipinski definition) is 1. The molecule has 2 N–H and O–H groups in total. The molecule has 0 saturated carbocycles. The Bertz CT molecular complexity index is 424. The molecule has 0 amide bonds. The van der Waals surface area contributed by atoms with Gasteiger partial charge in [0.25, 0.3) is 0 Å². The Morgan fingerprint density at radius 3 is 2.67 bits per heavy atom. The molecular weight excluding hydrogens is 190 g/mol. The molecule has 1 aromatic heterocycles. The summed E-state index contributed by atoms with van der Waals surface area (Å²) in [6.07, 6.45) is 0.711. The van der Waals surface area contributed by atoms with Crippen molar-refractivity contribution in [2.45, 2.75) is 19.4 Å². The molecule has 1 aromatic carbocycles. The highest BCUT2D eigenvalue weighted by Gasteiger charge is 2.13. The van der Waals surface area contributed by atoms with Crippen LogP contribution in [0.4, 0.5) is 0 Å². The molecule has 0 aliphatic carbocycles. The summed E-state index contributed by atoms with van der Waals surface area (Å²) in [5, 5.41) is 3.71. The van der Waals surface area contributed by atoms with Crippen LogP contribution in [0.3, 0.4) is 0 Å². The van der Waals surface area contributed by atoms with Crippen LogP contribution in [0.25, 0.3) is 0 Å². The summed E-state index contributed by atoms with van der Waals surface area (Å²) in [6.45, 7) is 1.78. The number of hydrogen-bond acceptors (Lipinski definition) is 4. The van der Waals surface area contributed by atoms with Crippen LogP contribution in [0.5, 0.6) is 0 Å². The van der Waals surface area contributed by atoms with Crippen LogP contribution in [-0.2, 0) is 6.42 Å². The van der Waals surface area contributed by atoms with Crippen molar-refractivity contribution in [2.75, 3.05) is 0 Å². The van der Waals surface area contributed by atoms with Crippen molar-refractivity contribution < 1.29 is 4.52 Å². The predicted molar refractivity (Wildman–Crippen MR) is 56.1 cm³/mol. The second-order valence-corrected chi connectivity index (χ2v) is 3.48. The van der Waals surface area contributed by atoms with Crippen LogP contribution in [0.15, 0.2) is 34.9 Å². The maximum Gasteiger partial charge on any atom is 0.243 e. The molecule has 0 aliphatic rings. The van der Waals surface area contributed by atoms with Crippen LogP contribution >= 0.6 is 0 Å². The zero-order valence-electron chi connectivity index (χ0n) is 8.55. The first kappa shape index (κ1) is 9.86. The standard InChI is InChI=1S/C11H13N3O/c1-8-13-11(15-14-8)10(12)7-9-5-3-2-4-6-9/h2-6,10H,7,12H2,1H3. The largest absolute Gasteiger partial charge is 0.338 e. The Hall–Kier alpha value is -1.68. The highest BCUT2D eigenvalue weighted by molar-refractivity contribution is 5.16. The quantitative estimate of drug-likeness (QED) is 0.823. The highest BCUT2D eigenvalue weighted by atomic mass is 16.5. The summed E-state index contributed by atoms with van der Waals surface area (Å²) in [7, 11) is 0. The fraction of sp³-hybridized carbons (Fsp3) is 0.273. The van der Waals surface area contributed by atoms with E-state index in [1.54, 1.807) is 6.92 Å². The molecule has 0 bridgehead atoms. The number of benzene rings is 1. The topological polar surface area (TPSA) is 64.9 Å². The Kier molecular flexibility index (Phi) is 2.78. The lowest BCUT2D eigenvalue weighted by molar-refractivity contribution is 0.351. The van der Waals surface area contributed by atoms with Gasteiger partial charge in [-0.25, -0.2) is 0 Å². The van der Waals surface area contributed by atoms with E-state index in [0.29, 0.717) is 18.1 Å². The summed E-state index contributed by atoms with van der Waals surface area (Å²) in [5.74, 6) is 1.12. The molecule has 0 spiro atoms. The summed E-state index contributed by atoms with van der Waals surface area (Å²) in [4.78, 5) is 4.10. The molecule has 0 fully saturated rings. The van der Waals surface area contributed by atoms with Gasteiger partial charge in [0.05, 0.1) is 6.04 Å². The zero-order valence-corrected chi connectivity index (χ0v) is 8.55. The van der Waals surface area contributed by atoms with Gasteiger partial charge in [-0.15, -0.1) is 0 Å². The summed E-state index contributed by atoms with van der Waals surface area (Å²) >= 11 is 0. The Morgan fingerprint density at radius 1 is 1.33 bits per heavy atom. The van der Waals surface area contributed by atoms with Crippen LogP contribution in [-0.4, -0.2) is 10.1 Å². The van der Waals surface area contributed by atoms with E-state index in [1.165, 1.54) is 5.56 Å². The van der Waals surface area contributed by atoms with Crippen molar-refractivity contribution in [1.82, 2.24) is 10.1 Å². The van der Waals surface area contributed by atoms with Crippen molar-refractivity contribution in [3.63, 3.8) is 0 Å². The van der Waals surface area contributed by atoms with Gasteiger partial charge >= 0.3 is 0 Å². The molecule has 15 heavy (non-hydrogen) atoms. The lowest BCUT2D eigenvalue weighted by atomic mass is 10.1. The molecule has 2 aromatic rings. The van der Waals surface area contributed by atoms with Crippen LogP contribution in [0, 0.1) is 6.92 Å². The molecule has 0 aliphatic heterocycles. The van der Waals surface area contributed by atoms with Gasteiger partial charge < -0.3 is 10.3 Å². The first-order chi connectivity index (χ1) is 7.25. The van der Waals surface area contributed by atoms with Crippen molar-refractivity contribution in [3.8, 4) is 0 Å². The number of aryl methyl sites for hydroxylation is 1. The smallest absolute Gasteiger partial charge is 0.243 e. The number of nitrogens with two attached hydrogens (primary N) is 1. The highest BCUT2D eigenvalue weighted by Crippen LogP contribution is 2.13. The molecule has 1 atom stereocenters. The molecule has 4 heteroatoms. The third-order valence-corrected chi connectivity index (χ3v) is 2.16. The van der Waals surface area contributed by atoms with Gasteiger partial charge in [0.1, 0.15) is 0 Å². The Labute approximate surface area is 88.1 Å². The Morgan fingerprint density at radius 2 is 2.07 bits per heavy atom. The first-order valence-electron chi connectivity index (χ1n) is 4.85. The van der Waals surface area contributed by atoms with Gasteiger partial charge in [-0.2, -0.15) is 4.98 Å². The van der Waals surface area contributed by atoms with E-state index in [0.717, 1.165) is 0 Å². The normalized spacial score (nSPS) is 12.7. The van der Waals surface area contributed by atoms with E-state index < -0.39 is 0 Å². The van der Waals surface area contributed by atoms with Crippen molar-refractivity contribution in [2.24, 2.45) is 5.73 Å². The van der Waals surface area contributed by atoms with Crippen molar-refractivity contribution >= 4 is 0 Å². The van der Waals surface area contributed by atoms with Crippen LogP contribution in [0.2, 0.25) is 0 Å². The molecule has 0 radical (unpaired) electrons. The van der Waals surface area contributed by atoms with Gasteiger partial charge in [0, 0.05) is 0 Å². The lowest BCUT2D eigenvalue weighted by Crippen LogP contribution is -2.13. The third-order valence-electron chi connectivity index (χ3n) is 2.16. The molecule has 2 rings (SSSR count). The van der Waals surface area contributed by atoms with Crippen molar-refractivity contribution in [1.29, 1.82) is 0 Å². The minimum Gasteiger partial charge on any atom is -0.338 e. The van der Waals surface area contributed by atoms with E-state index in [2.05, 4.69) is 10.1 Å². The second-order valence-electron chi connectivity index (χ2n) is 3.48. The van der Waals surface area contributed by atoms with Gasteiger partial charge in [-0.05, 0) is 18.9 Å². The number of nitrogens with zero attached hydrogens (tertiary/aromatic N) is 2. The van der Waals surface area contributed by atoms with Gasteiger partial charge in [-0.1, -0.05) is 35.5 Å². The van der Waals surface area contributed by atoms with Crippen molar-refractivity contribution in [3.05, 3.63) is 47.6 Å². The molecule has 78 valence electrons. The first-order valence-corrected chi connectivity index (χ1v) is 4.85. The average molecular weight is 203 g/mol. The SMILES string of the molecule is Cc1noc(C(N)Cc2ccccc2)n1. The predicted octanol–water partition coefficient (Wildman–Crippen LogP) is 1.62. The minimum atomic E-state index is -0.228. The fourth-order valence-corrected chi connectivity index (χ4v) is 1.42. The van der Waals surface area contributed by atoms with Crippen LogP contribution < -0.4 is 5.73 Å². The van der Waals surface area contributed by atoms with Gasteiger partial charge in [0.15, 0.2) is 5.82 Å². The molecular formula is C11H13N3O. The lowest BCUT2D eigenvalue weighted by Gasteiger charge is -2.05. The van der Waals surface area contributed by atoms with Gasteiger partial charge in [-0.3, -0.25) is 0 Å². The van der Waals surface area contributed by atoms with Gasteiger partial charge in [0.2, 0.25) is 5.89 Å². The summed E-state index contributed by atoms with van der Waals surface area (Å²) < 4.78 is 5.01. The maximum atomic E-state index is 5.94. The Balaban J connectivity index is 2.07. The zero-order chi connectivity index (χ0) is 10.7. The number of aromatic nitrogens is 2. The molecule has 4 nitrogen and oxygen atoms in total. The second kappa shape index (κ2) is 4.23. The van der Waals surface area contributed by atoms with E-state index in [4.69, 9.17) is 10.3 Å². The fourth-order valence-electron chi connectivity index (χ4n) is 1.42. The minimum absolute atomic E-state index is 0.228. The van der Waals surface area contributed by atoms with Crippen LogP contribution in [0.1, 0.15) is 23.3 Å². The molecule has 1 heterocycles. The number of rotatable bonds is 3. The van der Waals surface area contributed by atoms with E-state index in [1.807, 2.05) is 30.3 Å². The van der Waals surface area contributed by atoms with E-state index in [-0.39, 0.29) is 6.04 Å². The van der Waals surface area contributed by atoms with E-state index >= 15 is 0 Å². The summed E-state index contributed by atoms with van der Waals surface area (Å²) in [5.41, 5.74) is 7.11. The maximum absolute atomic E-state index is 5.94.